The maximum absolute atomic E-state index is 6.44. The summed E-state index contributed by atoms with van der Waals surface area (Å²) in [5.41, 5.74) is 7.75. The van der Waals surface area contributed by atoms with E-state index in [4.69, 9.17) is 10.5 Å². The van der Waals surface area contributed by atoms with Crippen molar-refractivity contribution in [1.82, 2.24) is 4.98 Å². The number of ether oxygens (including phenoxy) is 1. The van der Waals surface area contributed by atoms with E-state index < -0.39 is 0 Å². The lowest BCUT2D eigenvalue weighted by molar-refractivity contribution is 0.397. The third kappa shape index (κ3) is 1.42. The van der Waals surface area contributed by atoms with Crippen LogP contribution in [0.15, 0.2) is 18.3 Å². The summed E-state index contributed by atoms with van der Waals surface area (Å²) in [4.78, 5) is 4.23. The van der Waals surface area contributed by atoms with Crippen molar-refractivity contribution in [2.75, 3.05) is 7.11 Å². The van der Waals surface area contributed by atoms with Gasteiger partial charge < -0.3 is 10.5 Å². The lowest BCUT2D eigenvalue weighted by atomic mass is 9.98. The summed E-state index contributed by atoms with van der Waals surface area (Å²) in [6.45, 7) is 0. The van der Waals surface area contributed by atoms with Gasteiger partial charge in [-0.25, -0.2) is 4.98 Å². The van der Waals surface area contributed by atoms with Crippen LogP contribution in [0.25, 0.3) is 0 Å². The molecule has 1 aromatic rings. The molecule has 3 nitrogen and oxygen atoms in total. The molecule has 1 heterocycles. The first-order chi connectivity index (χ1) is 7.74. The Balaban J connectivity index is 1.70. The third-order valence-electron chi connectivity index (χ3n) is 4.30. The van der Waals surface area contributed by atoms with Gasteiger partial charge in [0.25, 0.3) is 0 Å². The Morgan fingerprint density at radius 3 is 2.75 bits per heavy atom. The highest BCUT2D eigenvalue weighted by Crippen LogP contribution is 2.60. The molecular formula is C13H18N2O. The van der Waals surface area contributed by atoms with Gasteiger partial charge in [0, 0.05) is 17.8 Å². The Morgan fingerprint density at radius 2 is 2.19 bits per heavy atom. The zero-order valence-corrected chi connectivity index (χ0v) is 9.65. The van der Waals surface area contributed by atoms with E-state index in [0.29, 0.717) is 5.88 Å². The van der Waals surface area contributed by atoms with Crippen molar-refractivity contribution in [2.24, 2.45) is 17.6 Å². The van der Waals surface area contributed by atoms with Crippen molar-refractivity contribution in [3.63, 3.8) is 0 Å². The Hall–Kier alpha value is -1.09. The van der Waals surface area contributed by atoms with Crippen LogP contribution in [0.4, 0.5) is 0 Å². The highest BCUT2D eigenvalue weighted by molar-refractivity contribution is 5.27. The zero-order chi connectivity index (χ0) is 11.2. The first kappa shape index (κ1) is 10.1. The van der Waals surface area contributed by atoms with Crippen LogP contribution in [0.2, 0.25) is 0 Å². The Bertz CT molecular complexity index is 377. The second-order valence-corrected chi connectivity index (χ2v) is 5.14. The summed E-state index contributed by atoms with van der Waals surface area (Å²) in [6.07, 6.45) is 6.88. The van der Waals surface area contributed by atoms with Crippen molar-refractivity contribution in [3.05, 3.63) is 23.9 Å². The number of aromatic nitrogens is 1. The maximum atomic E-state index is 6.44. The van der Waals surface area contributed by atoms with E-state index in [2.05, 4.69) is 11.1 Å². The molecule has 86 valence electrons. The van der Waals surface area contributed by atoms with Gasteiger partial charge >= 0.3 is 0 Å². The van der Waals surface area contributed by atoms with Gasteiger partial charge in [-0.3, -0.25) is 0 Å². The van der Waals surface area contributed by atoms with Gasteiger partial charge in [0.05, 0.1) is 7.11 Å². The molecule has 3 rings (SSSR count). The van der Waals surface area contributed by atoms with Gasteiger partial charge in [0.2, 0.25) is 5.88 Å². The molecule has 0 bridgehead atoms. The Labute approximate surface area is 96.0 Å². The number of methoxy groups -OCH3 is 1. The first-order valence-corrected chi connectivity index (χ1v) is 6.02. The fraction of sp³-hybridized carbons (Fsp3) is 0.615. The molecule has 2 N–H and O–H groups in total. The zero-order valence-electron chi connectivity index (χ0n) is 9.65. The molecule has 2 aliphatic carbocycles. The van der Waals surface area contributed by atoms with Gasteiger partial charge in [-0.1, -0.05) is 12.5 Å². The van der Waals surface area contributed by atoms with Crippen LogP contribution in [0.1, 0.15) is 24.8 Å². The Kier molecular flexibility index (Phi) is 2.18. The molecule has 0 saturated heterocycles. The SMILES string of the molecule is COc1ccc(CC2(N)C3CCCC32)cn1. The largest absolute Gasteiger partial charge is 0.481 e. The molecule has 2 aliphatic rings. The standard InChI is InChI=1S/C13H18N2O/c1-16-12-6-5-9(8-15-12)7-13(14)10-3-2-4-11(10)13/h5-6,8,10-11H,2-4,7,14H2,1H3. The van der Waals surface area contributed by atoms with Crippen molar-refractivity contribution in [2.45, 2.75) is 31.2 Å². The van der Waals surface area contributed by atoms with E-state index in [0.717, 1.165) is 18.3 Å². The third-order valence-corrected chi connectivity index (χ3v) is 4.30. The van der Waals surface area contributed by atoms with Gasteiger partial charge in [0.1, 0.15) is 0 Å². The molecule has 0 spiro atoms. The number of hydrogen-bond acceptors (Lipinski definition) is 3. The van der Waals surface area contributed by atoms with Gasteiger partial charge in [-0.05, 0) is 36.7 Å². The predicted octanol–water partition coefficient (Wildman–Crippen LogP) is 1.76. The average Bonchev–Trinajstić information content (AvgIpc) is 2.73. The maximum Gasteiger partial charge on any atom is 0.212 e. The van der Waals surface area contributed by atoms with E-state index in [9.17, 15) is 0 Å². The molecule has 2 fully saturated rings. The van der Waals surface area contributed by atoms with Gasteiger partial charge in [-0.2, -0.15) is 0 Å². The molecule has 16 heavy (non-hydrogen) atoms. The minimum Gasteiger partial charge on any atom is -0.481 e. The molecule has 2 unspecified atom stereocenters. The molecule has 0 aromatic carbocycles. The van der Waals surface area contributed by atoms with E-state index >= 15 is 0 Å². The van der Waals surface area contributed by atoms with Crippen LogP contribution in [0.3, 0.4) is 0 Å². The topological polar surface area (TPSA) is 48.1 Å². The summed E-state index contributed by atoms with van der Waals surface area (Å²) in [6, 6.07) is 3.99. The molecule has 2 saturated carbocycles. The predicted molar refractivity (Wildman–Crippen MR) is 62.2 cm³/mol. The summed E-state index contributed by atoms with van der Waals surface area (Å²) >= 11 is 0. The monoisotopic (exact) mass is 218 g/mol. The summed E-state index contributed by atoms with van der Waals surface area (Å²) in [7, 11) is 1.64. The number of nitrogens with two attached hydrogens (primary N) is 1. The second-order valence-electron chi connectivity index (χ2n) is 5.14. The number of rotatable bonds is 3. The lowest BCUT2D eigenvalue weighted by Gasteiger charge is -2.15. The van der Waals surface area contributed by atoms with Crippen LogP contribution < -0.4 is 10.5 Å². The molecule has 0 aliphatic heterocycles. The summed E-state index contributed by atoms with van der Waals surface area (Å²) in [5, 5.41) is 0. The van der Waals surface area contributed by atoms with Crippen LogP contribution in [0.5, 0.6) is 5.88 Å². The number of pyridine rings is 1. The van der Waals surface area contributed by atoms with Crippen molar-refractivity contribution in [1.29, 1.82) is 0 Å². The fourth-order valence-corrected chi connectivity index (χ4v) is 3.38. The van der Waals surface area contributed by atoms with Crippen molar-refractivity contribution in [3.8, 4) is 5.88 Å². The van der Waals surface area contributed by atoms with E-state index in [1.165, 1.54) is 24.8 Å². The van der Waals surface area contributed by atoms with Gasteiger partial charge in [-0.15, -0.1) is 0 Å². The fourth-order valence-electron chi connectivity index (χ4n) is 3.38. The highest BCUT2D eigenvalue weighted by Gasteiger charge is 2.63. The highest BCUT2D eigenvalue weighted by atomic mass is 16.5. The summed E-state index contributed by atoms with van der Waals surface area (Å²) < 4.78 is 5.05. The van der Waals surface area contributed by atoms with Crippen molar-refractivity contribution >= 4 is 0 Å². The van der Waals surface area contributed by atoms with E-state index in [1.54, 1.807) is 7.11 Å². The molecule has 2 atom stereocenters. The summed E-state index contributed by atoms with van der Waals surface area (Å²) in [5.74, 6) is 2.22. The van der Waals surface area contributed by atoms with E-state index in [-0.39, 0.29) is 5.54 Å². The molecule has 0 radical (unpaired) electrons. The van der Waals surface area contributed by atoms with Crippen LogP contribution in [0, 0.1) is 11.8 Å². The number of fused-ring (bicyclic) bond motifs is 1. The molecule has 3 heteroatoms. The minimum atomic E-state index is 0.0779. The quantitative estimate of drug-likeness (QED) is 0.841. The first-order valence-electron chi connectivity index (χ1n) is 6.02. The molecule has 1 aromatic heterocycles. The number of nitrogens with zero attached hydrogens (tertiary/aromatic N) is 1. The smallest absolute Gasteiger partial charge is 0.212 e. The Morgan fingerprint density at radius 1 is 1.44 bits per heavy atom. The minimum absolute atomic E-state index is 0.0779. The molecule has 0 amide bonds. The normalized spacial score (nSPS) is 35.9. The number of hydrogen-bond donors (Lipinski definition) is 1. The van der Waals surface area contributed by atoms with Crippen LogP contribution >= 0.6 is 0 Å². The van der Waals surface area contributed by atoms with Crippen molar-refractivity contribution < 1.29 is 4.74 Å². The average molecular weight is 218 g/mol. The van der Waals surface area contributed by atoms with Gasteiger partial charge in [0.15, 0.2) is 0 Å². The molecular weight excluding hydrogens is 200 g/mol. The van der Waals surface area contributed by atoms with E-state index in [1.807, 2.05) is 12.3 Å². The second kappa shape index (κ2) is 3.45. The van der Waals surface area contributed by atoms with Crippen LogP contribution in [-0.4, -0.2) is 17.6 Å². The van der Waals surface area contributed by atoms with Crippen LogP contribution in [-0.2, 0) is 6.42 Å². The lowest BCUT2D eigenvalue weighted by Crippen LogP contribution is -2.31.